The number of pyridine rings is 1. The molecule has 30 heavy (non-hydrogen) atoms. The summed E-state index contributed by atoms with van der Waals surface area (Å²) < 4.78 is 0. The minimum Gasteiger partial charge on any atom is -0.324 e. The Hall–Kier alpha value is -4.11. The zero-order chi connectivity index (χ0) is 20.8. The molecule has 6 nitrogen and oxygen atoms in total. The highest BCUT2D eigenvalue weighted by Gasteiger charge is 2.19. The van der Waals surface area contributed by atoms with Crippen LogP contribution in [0, 0.1) is 11.8 Å². The molecule has 148 valence electrons. The summed E-state index contributed by atoms with van der Waals surface area (Å²) in [5.74, 6) is 5.78. The van der Waals surface area contributed by atoms with Crippen LogP contribution in [0.4, 0.5) is 16.2 Å². The van der Waals surface area contributed by atoms with Gasteiger partial charge in [-0.1, -0.05) is 18.1 Å². The summed E-state index contributed by atoms with van der Waals surface area (Å²) in [4.78, 5) is 30.5. The van der Waals surface area contributed by atoms with Gasteiger partial charge < -0.3 is 15.5 Å². The van der Waals surface area contributed by atoms with E-state index in [-0.39, 0.29) is 11.9 Å². The number of benzene rings is 2. The topological polar surface area (TPSA) is 74.3 Å². The van der Waals surface area contributed by atoms with E-state index >= 15 is 0 Å². The molecule has 0 saturated carbocycles. The van der Waals surface area contributed by atoms with Crippen LogP contribution in [0.5, 0.6) is 0 Å². The number of carbonyl (C=O) groups excluding carboxylic acids is 2. The Labute approximate surface area is 174 Å². The first kappa shape index (κ1) is 19.2. The number of aromatic nitrogens is 1. The average Bonchev–Trinajstić information content (AvgIpc) is 2.73. The Balaban J connectivity index is 1.39. The molecule has 1 aromatic heterocycles. The summed E-state index contributed by atoms with van der Waals surface area (Å²) >= 11 is 0. The molecule has 1 fully saturated rings. The molecule has 1 aliphatic rings. The van der Waals surface area contributed by atoms with E-state index in [1.807, 2.05) is 24.3 Å². The van der Waals surface area contributed by atoms with Gasteiger partial charge in [0.2, 0.25) is 0 Å². The van der Waals surface area contributed by atoms with Gasteiger partial charge in [-0.3, -0.25) is 4.79 Å². The summed E-state index contributed by atoms with van der Waals surface area (Å²) in [6.07, 6.45) is 2.74. The molecular formula is C24H20N4O2. The molecule has 6 heteroatoms. The van der Waals surface area contributed by atoms with Gasteiger partial charge in [-0.2, -0.15) is 0 Å². The highest BCUT2D eigenvalue weighted by Crippen LogP contribution is 2.17. The van der Waals surface area contributed by atoms with Gasteiger partial charge in [0.05, 0.1) is 0 Å². The van der Waals surface area contributed by atoms with Crippen LogP contribution in [0.3, 0.4) is 0 Å². The van der Waals surface area contributed by atoms with E-state index in [2.05, 4.69) is 27.5 Å². The second-order valence-electron chi connectivity index (χ2n) is 6.85. The number of amides is 3. The van der Waals surface area contributed by atoms with Crippen molar-refractivity contribution in [2.45, 2.75) is 6.42 Å². The zero-order valence-electron chi connectivity index (χ0n) is 16.3. The largest absolute Gasteiger partial charge is 0.324 e. The van der Waals surface area contributed by atoms with E-state index in [0.717, 1.165) is 25.1 Å². The van der Waals surface area contributed by atoms with Crippen molar-refractivity contribution < 1.29 is 9.59 Å². The summed E-state index contributed by atoms with van der Waals surface area (Å²) in [5.41, 5.74) is 3.26. The maximum absolute atomic E-state index is 12.6. The maximum Gasteiger partial charge on any atom is 0.321 e. The number of carbonyl (C=O) groups is 2. The minimum atomic E-state index is -0.228. The molecule has 2 heterocycles. The number of anilines is 2. The molecule has 2 aromatic carbocycles. The standard InChI is InChI=1S/C24H20N4O2/c29-23(19-6-3-5-18(17-19)8-9-20-7-1-2-14-25-20)26-21-10-12-22(13-11-21)27-24(30)28-15-4-16-28/h1-3,5-7,10-14,17H,4,15-16H2,(H,26,29)(H,27,30). The van der Waals surface area contributed by atoms with Gasteiger partial charge in [-0.15, -0.1) is 0 Å². The number of nitrogens with zero attached hydrogens (tertiary/aromatic N) is 2. The fraction of sp³-hybridized carbons (Fsp3) is 0.125. The SMILES string of the molecule is O=C(Nc1ccc(NC(=O)N2CCC2)cc1)c1cccc(C#Cc2ccccn2)c1. The van der Waals surface area contributed by atoms with Crippen LogP contribution in [0.25, 0.3) is 0 Å². The Morgan fingerprint density at radius 2 is 1.63 bits per heavy atom. The van der Waals surface area contributed by atoms with Gasteiger partial charge >= 0.3 is 6.03 Å². The van der Waals surface area contributed by atoms with Gasteiger partial charge in [0.15, 0.2) is 0 Å². The lowest BCUT2D eigenvalue weighted by Crippen LogP contribution is -2.44. The van der Waals surface area contributed by atoms with Crippen LogP contribution in [0.1, 0.15) is 28.0 Å². The predicted octanol–water partition coefficient (Wildman–Crippen LogP) is 3.97. The number of urea groups is 1. The second kappa shape index (κ2) is 8.93. The molecule has 2 N–H and O–H groups in total. The highest BCUT2D eigenvalue weighted by atomic mass is 16.2. The molecule has 4 rings (SSSR count). The van der Waals surface area contributed by atoms with Crippen LogP contribution in [-0.4, -0.2) is 34.9 Å². The Morgan fingerprint density at radius 3 is 2.30 bits per heavy atom. The van der Waals surface area contributed by atoms with E-state index in [4.69, 9.17) is 0 Å². The van der Waals surface area contributed by atoms with Crippen LogP contribution < -0.4 is 10.6 Å². The van der Waals surface area contributed by atoms with Gasteiger partial charge in [-0.25, -0.2) is 9.78 Å². The van der Waals surface area contributed by atoms with Crippen molar-refractivity contribution in [3.8, 4) is 11.8 Å². The molecule has 0 unspecified atom stereocenters. The van der Waals surface area contributed by atoms with E-state index in [0.29, 0.717) is 22.6 Å². The molecule has 3 amide bonds. The van der Waals surface area contributed by atoms with Gasteiger partial charge in [0, 0.05) is 41.8 Å². The van der Waals surface area contributed by atoms with Crippen molar-refractivity contribution in [2.75, 3.05) is 23.7 Å². The van der Waals surface area contributed by atoms with Crippen LogP contribution in [-0.2, 0) is 0 Å². The normalized spacial score (nSPS) is 12.2. The number of nitrogens with one attached hydrogen (secondary N) is 2. The van der Waals surface area contributed by atoms with E-state index in [1.165, 1.54) is 0 Å². The first-order valence-electron chi connectivity index (χ1n) is 9.68. The van der Waals surface area contributed by atoms with Crippen molar-refractivity contribution in [1.82, 2.24) is 9.88 Å². The lowest BCUT2D eigenvalue weighted by Gasteiger charge is -2.30. The molecule has 1 saturated heterocycles. The fourth-order valence-electron chi connectivity index (χ4n) is 2.87. The van der Waals surface area contributed by atoms with E-state index in [1.54, 1.807) is 53.6 Å². The Kier molecular flexibility index (Phi) is 5.72. The molecule has 0 radical (unpaired) electrons. The lowest BCUT2D eigenvalue weighted by atomic mass is 10.1. The first-order chi connectivity index (χ1) is 14.7. The predicted molar refractivity (Wildman–Crippen MR) is 116 cm³/mol. The number of hydrogen-bond donors (Lipinski definition) is 2. The third-order valence-electron chi connectivity index (χ3n) is 4.66. The third-order valence-corrected chi connectivity index (χ3v) is 4.66. The van der Waals surface area contributed by atoms with Crippen molar-refractivity contribution >= 4 is 23.3 Å². The van der Waals surface area contributed by atoms with Crippen molar-refractivity contribution in [3.63, 3.8) is 0 Å². The highest BCUT2D eigenvalue weighted by molar-refractivity contribution is 6.04. The third kappa shape index (κ3) is 4.83. The van der Waals surface area contributed by atoms with Crippen LogP contribution >= 0.6 is 0 Å². The van der Waals surface area contributed by atoms with Crippen LogP contribution in [0.15, 0.2) is 72.9 Å². The number of likely N-dealkylation sites (tertiary alicyclic amines) is 1. The average molecular weight is 396 g/mol. The molecule has 0 aliphatic carbocycles. The van der Waals surface area contributed by atoms with Gasteiger partial charge in [0.25, 0.3) is 5.91 Å². The van der Waals surface area contributed by atoms with Gasteiger partial charge in [0.1, 0.15) is 5.69 Å². The lowest BCUT2D eigenvalue weighted by molar-refractivity contribution is 0.102. The van der Waals surface area contributed by atoms with Crippen molar-refractivity contribution in [3.05, 3.63) is 89.7 Å². The molecule has 1 aliphatic heterocycles. The Bertz CT molecular complexity index is 1110. The van der Waals surface area contributed by atoms with Crippen LogP contribution in [0.2, 0.25) is 0 Å². The van der Waals surface area contributed by atoms with Crippen molar-refractivity contribution in [2.24, 2.45) is 0 Å². The monoisotopic (exact) mass is 396 g/mol. The zero-order valence-corrected chi connectivity index (χ0v) is 16.3. The van der Waals surface area contributed by atoms with Gasteiger partial charge in [-0.05, 0) is 66.9 Å². The Morgan fingerprint density at radius 1 is 0.867 bits per heavy atom. The second-order valence-corrected chi connectivity index (χ2v) is 6.85. The molecule has 3 aromatic rings. The summed E-state index contributed by atoms with van der Waals surface area (Å²) in [6, 6.07) is 19.6. The van der Waals surface area contributed by atoms with Crippen molar-refractivity contribution in [1.29, 1.82) is 0 Å². The molecule has 0 atom stereocenters. The minimum absolute atomic E-state index is 0.0957. The quantitative estimate of drug-likeness (QED) is 0.658. The summed E-state index contributed by atoms with van der Waals surface area (Å²) in [6.45, 7) is 1.59. The maximum atomic E-state index is 12.6. The molecule has 0 spiro atoms. The van der Waals surface area contributed by atoms with E-state index in [9.17, 15) is 9.59 Å². The van der Waals surface area contributed by atoms with E-state index < -0.39 is 0 Å². The molecular weight excluding hydrogens is 376 g/mol. The molecule has 0 bridgehead atoms. The summed E-state index contributed by atoms with van der Waals surface area (Å²) in [7, 11) is 0. The fourth-order valence-corrected chi connectivity index (χ4v) is 2.87. The number of hydrogen-bond acceptors (Lipinski definition) is 3. The first-order valence-corrected chi connectivity index (χ1v) is 9.68. The number of rotatable bonds is 3. The summed E-state index contributed by atoms with van der Waals surface area (Å²) in [5, 5.41) is 5.71. The smallest absolute Gasteiger partial charge is 0.321 e.